The van der Waals surface area contributed by atoms with E-state index in [4.69, 9.17) is 0 Å². The molecule has 3 aromatic heterocycles. The van der Waals surface area contributed by atoms with E-state index in [1.54, 1.807) is 0 Å². The number of fused-ring (bicyclic) bond motifs is 6. The van der Waals surface area contributed by atoms with E-state index in [1.807, 2.05) is 0 Å². The van der Waals surface area contributed by atoms with Crippen LogP contribution in [0, 0.1) is 19.3 Å². The lowest BCUT2D eigenvalue weighted by atomic mass is 9.82. The Kier molecular flexibility index (Phi) is 4.45. The molecule has 0 saturated carbocycles. The first-order valence-corrected chi connectivity index (χ1v) is 12.9. The van der Waals surface area contributed by atoms with E-state index in [2.05, 4.69) is 120 Å². The second-order valence-corrected chi connectivity index (χ2v) is 12.9. The molecule has 0 radical (unpaired) electrons. The minimum Gasteiger partial charge on any atom is -0.307 e. The van der Waals surface area contributed by atoms with Crippen molar-refractivity contribution in [2.45, 2.75) is 67.2 Å². The molecular formula is C33H37N2+. The molecular weight excluding hydrogens is 424 g/mol. The molecule has 3 aromatic carbocycles. The first-order chi connectivity index (χ1) is 16.4. The largest absolute Gasteiger partial charge is 0.307 e. The monoisotopic (exact) mass is 461 g/mol. The average molecular weight is 462 g/mol. The van der Waals surface area contributed by atoms with E-state index < -0.39 is 0 Å². The van der Waals surface area contributed by atoms with Gasteiger partial charge in [0.2, 0.25) is 5.52 Å². The van der Waals surface area contributed by atoms with E-state index in [0.717, 1.165) is 6.42 Å². The number of para-hydroxylation sites is 1. The second kappa shape index (κ2) is 6.97. The SMILES string of the molecule is Cc1cc(C(C)(C)C)c2c(c1C)c1c3c(cc[n+]1C)cc(CC(C)(C)C)c1c4ccccc4n2c13. The molecule has 0 atom stereocenters. The number of benzene rings is 3. The predicted octanol–water partition coefficient (Wildman–Crippen LogP) is 8.32. The quantitative estimate of drug-likeness (QED) is 0.132. The molecule has 178 valence electrons. The summed E-state index contributed by atoms with van der Waals surface area (Å²) in [5, 5.41) is 6.92. The molecule has 0 aliphatic carbocycles. The van der Waals surface area contributed by atoms with Gasteiger partial charge in [-0.25, -0.2) is 4.57 Å². The van der Waals surface area contributed by atoms with Crippen molar-refractivity contribution in [3.63, 3.8) is 0 Å². The Balaban J connectivity index is 2.07. The fraction of sp³-hybridized carbons (Fsp3) is 0.364. The Hall–Kier alpha value is -3.13. The van der Waals surface area contributed by atoms with E-state index in [1.165, 1.54) is 71.3 Å². The van der Waals surface area contributed by atoms with Gasteiger partial charge < -0.3 is 4.40 Å². The Morgan fingerprint density at radius 2 is 1.54 bits per heavy atom. The van der Waals surface area contributed by atoms with Gasteiger partial charge in [-0.2, -0.15) is 0 Å². The molecule has 3 heterocycles. The number of aryl methyl sites for hydroxylation is 3. The predicted molar refractivity (Wildman–Crippen MR) is 151 cm³/mol. The Morgan fingerprint density at radius 3 is 2.23 bits per heavy atom. The van der Waals surface area contributed by atoms with Crippen molar-refractivity contribution in [1.82, 2.24) is 4.40 Å². The minimum absolute atomic E-state index is 0.0211. The summed E-state index contributed by atoms with van der Waals surface area (Å²) in [6.45, 7) is 18.7. The Morgan fingerprint density at radius 1 is 0.829 bits per heavy atom. The maximum atomic E-state index is 2.62. The molecule has 0 spiro atoms. The van der Waals surface area contributed by atoms with Gasteiger partial charge in [-0.15, -0.1) is 0 Å². The zero-order valence-electron chi connectivity index (χ0n) is 22.7. The molecule has 0 saturated heterocycles. The van der Waals surface area contributed by atoms with Crippen molar-refractivity contribution in [3.8, 4) is 0 Å². The summed E-state index contributed by atoms with van der Waals surface area (Å²) in [6.07, 6.45) is 3.31. The van der Waals surface area contributed by atoms with Gasteiger partial charge in [0.1, 0.15) is 7.05 Å². The van der Waals surface area contributed by atoms with Crippen LogP contribution < -0.4 is 4.57 Å². The van der Waals surface area contributed by atoms with Crippen molar-refractivity contribution < 1.29 is 4.57 Å². The lowest BCUT2D eigenvalue weighted by molar-refractivity contribution is -0.643. The highest BCUT2D eigenvalue weighted by Gasteiger charge is 2.30. The summed E-state index contributed by atoms with van der Waals surface area (Å²) in [5.41, 5.74) is 11.3. The van der Waals surface area contributed by atoms with E-state index in [0.29, 0.717) is 0 Å². The maximum Gasteiger partial charge on any atom is 0.224 e. The molecule has 0 N–H and O–H groups in total. The van der Waals surface area contributed by atoms with Gasteiger partial charge in [0.05, 0.1) is 27.3 Å². The van der Waals surface area contributed by atoms with Crippen LogP contribution in [0.4, 0.5) is 0 Å². The highest BCUT2D eigenvalue weighted by atomic mass is 15.0. The molecule has 0 unspecified atom stereocenters. The summed E-state index contributed by atoms with van der Waals surface area (Å²) in [7, 11) is 2.21. The van der Waals surface area contributed by atoms with Crippen LogP contribution >= 0.6 is 0 Å². The number of hydrogen-bond donors (Lipinski definition) is 0. The summed E-state index contributed by atoms with van der Waals surface area (Å²) < 4.78 is 4.97. The Bertz CT molecular complexity index is 1800. The summed E-state index contributed by atoms with van der Waals surface area (Å²) in [4.78, 5) is 0. The van der Waals surface area contributed by atoms with Crippen LogP contribution in [0.1, 0.15) is 63.8 Å². The zero-order chi connectivity index (χ0) is 25.0. The van der Waals surface area contributed by atoms with Crippen LogP contribution in [-0.2, 0) is 18.9 Å². The normalized spacial score (nSPS) is 13.4. The van der Waals surface area contributed by atoms with Crippen molar-refractivity contribution in [2.75, 3.05) is 0 Å². The lowest BCUT2D eigenvalue weighted by Crippen LogP contribution is -2.29. The molecule has 0 aliphatic rings. The fourth-order valence-electron chi connectivity index (χ4n) is 6.33. The number of pyridine rings is 2. The van der Waals surface area contributed by atoms with E-state index in [-0.39, 0.29) is 10.8 Å². The Labute approximate surface area is 208 Å². The van der Waals surface area contributed by atoms with Crippen molar-refractivity contribution in [1.29, 1.82) is 0 Å². The molecule has 2 heteroatoms. The highest BCUT2D eigenvalue weighted by Crippen LogP contribution is 2.46. The van der Waals surface area contributed by atoms with Crippen LogP contribution in [0.3, 0.4) is 0 Å². The minimum atomic E-state index is 0.0211. The molecule has 0 amide bonds. The third kappa shape index (κ3) is 3.05. The van der Waals surface area contributed by atoms with Gasteiger partial charge in [0.25, 0.3) is 0 Å². The van der Waals surface area contributed by atoms with Gasteiger partial charge in [0, 0.05) is 16.8 Å². The molecule has 0 fully saturated rings. The van der Waals surface area contributed by atoms with E-state index >= 15 is 0 Å². The first kappa shape index (κ1) is 22.3. The number of hydrogen-bond acceptors (Lipinski definition) is 0. The molecule has 35 heavy (non-hydrogen) atoms. The summed E-state index contributed by atoms with van der Waals surface area (Å²) in [6, 6.07) is 16.3. The van der Waals surface area contributed by atoms with Gasteiger partial charge in [-0.1, -0.05) is 65.8 Å². The highest BCUT2D eigenvalue weighted by molar-refractivity contribution is 6.28. The summed E-state index contributed by atoms with van der Waals surface area (Å²) >= 11 is 0. The third-order valence-corrected chi connectivity index (χ3v) is 7.93. The fourth-order valence-corrected chi connectivity index (χ4v) is 6.33. The topological polar surface area (TPSA) is 8.29 Å². The summed E-state index contributed by atoms with van der Waals surface area (Å²) in [5.74, 6) is 0. The second-order valence-electron chi connectivity index (χ2n) is 12.9. The molecule has 2 nitrogen and oxygen atoms in total. The molecule has 0 bridgehead atoms. The van der Waals surface area contributed by atoms with Crippen molar-refractivity contribution >= 4 is 49.0 Å². The lowest BCUT2D eigenvalue weighted by Gasteiger charge is -2.25. The van der Waals surface area contributed by atoms with Gasteiger partial charge in [-0.05, 0) is 70.9 Å². The molecule has 6 aromatic rings. The van der Waals surface area contributed by atoms with Crippen LogP contribution in [-0.4, -0.2) is 4.40 Å². The number of rotatable bonds is 1. The van der Waals surface area contributed by atoms with Crippen LogP contribution in [0.5, 0.6) is 0 Å². The van der Waals surface area contributed by atoms with Crippen molar-refractivity contribution in [2.24, 2.45) is 12.5 Å². The van der Waals surface area contributed by atoms with Crippen LogP contribution in [0.15, 0.2) is 48.7 Å². The zero-order valence-corrected chi connectivity index (χ0v) is 22.7. The van der Waals surface area contributed by atoms with E-state index in [9.17, 15) is 0 Å². The van der Waals surface area contributed by atoms with Crippen molar-refractivity contribution in [3.05, 3.63) is 70.9 Å². The van der Waals surface area contributed by atoms with Crippen LogP contribution in [0.2, 0.25) is 0 Å². The smallest absolute Gasteiger partial charge is 0.224 e. The first-order valence-electron chi connectivity index (χ1n) is 12.9. The standard InChI is InChI=1S/C33H37N2/c1-19-16-24(33(6,7)8)29-26(20(19)2)30-28-21(14-15-34(30)9)17-22(18-32(3,4)5)27-23-12-10-11-13-25(23)35(29)31(27)28/h10-17H,18H2,1-9H3/q+1. The maximum absolute atomic E-state index is 2.62. The number of nitrogens with zero attached hydrogens (tertiary/aromatic N) is 2. The molecule has 0 aliphatic heterocycles. The molecule has 6 rings (SSSR count). The van der Waals surface area contributed by atoms with Gasteiger partial charge in [-0.3, -0.25) is 0 Å². The number of aromatic nitrogens is 2. The average Bonchev–Trinajstić information content (AvgIpc) is 3.11. The van der Waals surface area contributed by atoms with Gasteiger partial charge in [0.15, 0.2) is 6.20 Å². The van der Waals surface area contributed by atoms with Gasteiger partial charge >= 0.3 is 0 Å². The van der Waals surface area contributed by atoms with Crippen LogP contribution in [0.25, 0.3) is 49.0 Å². The third-order valence-electron chi connectivity index (χ3n) is 7.93.